The van der Waals surface area contributed by atoms with Crippen molar-refractivity contribution in [2.24, 2.45) is 7.05 Å². The molecule has 2 rings (SSSR count). The van der Waals surface area contributed by atoms with Gasteiger partial charge in [0.25, 0.3) is 0 Å². The Bertz CT molecular complexity index is 486. The Morgan fingerprint density at radius 3 is 2.82 bits per heavy atom. The zero-order valence-corrected chi connectivity index (χ0v) is 10.5. The molecule has 4 nitrogen and oxygen atoms in total. The number of hydrogen-bond acceptors (Lipinski definition) is 3. The highest BCUT2D eigenvalue weighted by molar-refractivity contribution is 5.59. The lowest BCUT2D eigenvalue weighted by atomic mass is 10.0. The molecule has 4 heteroatoms. The van der Waals surface area contributed by atoms with Crippen molar-refractivity contribution >= 4 is 0 Å². The molecule has 1 N–H and O–H groups in total. The van der Waals surface area contributed by atoms with E-state index in [0.717, 1.165) is 17.7 Å². The van der Waals surface area contributed by atoms with E-state index in [-0.39, 0.29) is 0 Å². The Balaban J connectivity index is 2.38. The lowest BCUT2D eigenvalue weighted by Crippen LogP contribution is -2.15. The van der Waals surface area contributed by atoms with Gasteiger partial charge in [-0.15, -0.1) is 5.10 Å². The molecule has 0 amide bonds. The van der Waals surface area contributed by atoms with Gasteiger partial charge in [-0.25, -0.2) is 4.68 Å². The van der Waals surface area contributed by atoms with Crippen LogP contribution in [0, 0.1) is 0 Å². The predicted molar refractivity (Wildman–Crippen MR) is 68.5 cm³/mol. The Kier molecular flexibility index (Phi) is 3.54. The van der Waals surface area contributed by atoms with Gasteiger partial charge in [-0.2, -0.15) is 0 Å². The minimum Gasteiger partial charge on any atom is -0.313 e. The molecule has 0 aliphatic rings. The van der Waals surface area contributed by atoms with E-state index in [1.165, 1.54) is 5.56 Å². The van der Waals surface area contributed by atoms with Crippen LogP contribution < -0.4 is 5.32 Å². The van der Waals surface area contributed by atoms with E-state index in [9.17, 15) is 0 Å². The molecule has 0 aliphatic carbocycles. The maximum atomic E-state index is 3.96. The van der Waals surface area contributed by atoms with Crippen LogP contribution in [0.2, 0.25) is 0 Å². The van der Waals surface area contributed by atoms with Gasteiger partial charge in [0.1, 0.15) is 0 Å². The average molecular weight is 230 g/mol. The van der Waals surface area contributed by atoms with Crippen molar-refractivity contribution < 1.29 is 0 Å². The summed E-state index contributed by atoms with van der Waals surface area (Å²) in [6, 6.07) is 8.92. The van der Waals surface area contributed by atoms with Crippen LogP contribution >= 0.6 is 0 Å². The van der Waals surface area contributed by atoms with Crippen molar-refractivity contribution in [3.63, 3.8) is 0 Å². The van der Waals surface area contributed by atoms with Crippen LogP contribution in [-0.2, 0) is 7.05 Å². The molecule has 90 valence electrons. The first-order valence-electron chi connectivity index (χ1n) is 5.88. The van der Waals surface area contributed by atoms with Crippen molar-refractivity contribution in [1.82, 2.24) is 20.3 Å². The summed E-state index contributed by atoms with van der Waals surface area (Å²) >= 11 is 0. The fourth-order valence-electron chi connectivity index (χ4n) is 2.07. The van der Waals surface area contributed by atoms with Crippen LogP contribution in [0.4, 0.5) is 0 Å². The summed E-state index contributed by atoms with van der Waals surface area (Å²) in [5.74, 6) is 0. The van der Waals surface area contributed by atoms with Crippen LogP contribution in [0.3, 0.4) is 0 Å². The van der Waals surface area contributed by atoms with E-state index < -0.39 is 0 Å². The zero-order chi connectivity index (χ0) is 12.3. The van der Waals surface area contributed by atoms with E-state index >= 15 is 0 Å². The summed E-state index contributed by atoms with van der Waals surface area (Å²) in [5.41, 5.74) is 3.50. The molecule has 0 saturated heterocycles. The smallest absolute Gasteiger partial charge is 0.0882 e. The highest BCUT2D eigenvalue weighted by Gasteiger charge is 2.09. The maximum Gasteiger partial charge on any atom is 0.0882 e. The van der Waals surface area contributed by atoms with Crippen molar-refractivity contribution in [2.75, 3.05) is 7.05 Å². The van der Waals surface area contributed by atoms with Gasteiger partial charge < -0.3 is 5.32 Å². The summed E-state index contributed by atoms with van der Waals surface area (Å²) in [5, 5.41) is 11.2. The fraction of sp³-hybridized carbons (Fsp3) is 0.385. The second kappa shape index (κ2) is 5.10. The van der Waals surface area contributed by atoms with Gasteiger partial charge >= 0.3 is 0 Å². The molecular formula is C13H18N4. The number of aryl methyl sites for hydroxylation is 1. The number of hydrogen-bond donors (Lipinski definition) is 1. The Morgan fingerprint density at radius 2 is 2.24 bits per heavy atom. The van der Waals surface area contributed by atoms with E-state index in [1.807, 2.05) is 14.1 Å². The summed E-state index contributed by atoms with van der Waals surface area (Å²) in [7, 11) is 3.90. The summed E-state index contributed by atoms with van der Waals surface area (Å²) in [6.07, 6.45) is 2.86. The molecule has 0 spiro atoms. The maximum absolute atomic E-state index is 3.96. The molecule has 1 atom stereocenters. The minimum atomic E-state index is 0.399. The average Bonchev–Trinajstić information content (AvgIpc) is 2.77. The van der Waals surface area contributed by atoms with E-state index in [4.69, 9.17) is 0 Å². The molecule has 1 aromatic heterocycles. The number of nitrogens with zero attached hydrogens (tertiary/aromatic N) is 3. The van der Waals surface area contributed by atoms with Crippen LogP contribution in [0.1, 0.15) is 24.9 Å². The number of aromatic nitrogens is 3. The largest absolute Gasteiger partial charge is 0.313 e. The lowest BCUT2D eigenvalue weighted by Gasteiger charge is -2.15. The van der Waals surface area contributed by atoms with Gasteiger partial charge in [-0.3, -0.25) is 0 Å². The van der Waals surface area contributed by atoms with Gasteiger partial charge in [0, 0.05) is 18.7 Å². The molecule has 0 bridgehead atoms. The quantitative estimate of drug-likeness (QED) is 0.875. The molecular weight excluding hydrogens is 212 g/mol. The molecule has 1 aromatic carbocycles. The summed E-state index contributed by atoms with van der Waals surface area (Å²) in [4.78, 5) is 0. The first-order valence-corrected chi connectivity index (χ1v) is 5.88. The van der Waals surface area contributed by atoms with E-state index in [2.05, 4.69) is 46.8 Å². The second-order valence-electron chi connectivity index (χ2n) is 4.12. The van der Waals surface area contributed by atoms with Gasteiger partial charge in [0.05, 0.1) is 11.9 Å². The summed E-state index contributed by atoms with van der Waals surface area (Å²) in [6.45, 7) is 2.18. The van der Waals surface area contributed by atoms with Crippen LogP contribution in [0.25, 0.3) is 11.3 Å². The molecule has 0 aliphatic heterocycles. The standard InChI is InChI=1S/C13H18N4/c1-4-12(14-2)10-6-5-7-11(8-10)13-9-15-16-17(13)3/h5-9,12,14H,4H2,1-3H3. The molecule has 1 heterocycles. The molecule has 0 saturated carbocycles. The normalized spacial score (nSPS) is 12.6. The van der Waals surface area contributed by atoms with E-state index in [1.54, 1.807) is 10.9 Å². The number of rotatable bonds is 4. The van der Waals surface area contributed by atoms with E-state index in [0.29, 0.717) is 6.04 Å². The predicted octanol–water partition coefficient (Wildman–Crippen LogP) is 2.15. The number of benzene rings is 1. The third-order valence-electron chi connectivity index (χ3n) is 3.06. The first-order chi connectivity index (χ1) is 8.26. The Morgan fingerprint density at radius 1 is 1.41 bits per heavy atom. The highest BCUT2D eigenvalue weighted by atomic mass is 15.4. The van der Waals surface area contributed by atoms with Crippen molar-refractivity contribution in [3.8, 4) is 11.3 Å². The van der Waals surface area contributed by atoms with Crippen LogP contribution in [-0.4, -0.2) is 22.0 Å². The summed E-state index contributed by atoms with van der Waals surface area (Å²) < 4.78 is 1.79. The van der Waals surface area contributed by atoms with Crippen molar-refractivity contribution in [3.05, 3.63) is 36.0 Å². The SMILES string of the molecule is CCC(NC)c1cccc(-c2cnnn2C)c1. The van der Waals surface area contributed by atoms with Gasteiger partial charge in [-0.05, 0) is 25.1 Å². The zero-order valence-electron chi connectivity index (χ0n) is 10.5. The molecule has 0 fully saturated rings. The fourth-order valence-corrected chi connectivity index (χ4v) is 2.07. The third kappa shape index (κ3) is 2.36. The lowest BCUT2D eigenvalue weighted by molar-refractivity contribution is 0.577. The Labute approximate surface area is 102 Å². The first kappa shape index (κ1) is 11.8. The van der Waals surface area contributed by atoms with Crippen LogP contribution in [0.5, 0.6) is 0 Å². The van der Waals surface area contributed by atoms with Gasteiger partial charge in [-0.1, -0.05) is 30.3 Å². The second-order valence-corrected chi connectivity index (χ2v) is 4.12. The van der Waals surface area contributed by atoms with Crippen molar-refractivity contribution in [2.45, 2.75) is 19.4 Å². The van der Waals surface area contributed by atoms with Gasteiger partial charge in [0.15, 0.2) is 0 Å². The van der Waals surface area contributed by atoms with Crippen LogP contribution in [0.15, 0.2) is 30.5 Å². The monoisotopic (exact) mass is 230 g/mol. The highest BCUT2D eigenvalue weighted by Crippen LogP contribution is 2.23. The minimum absolute atomic E-state index is 0.399. The number of nitrogens with one attached hydrogen (secondary N) is 1. The van der Waals surface area contributed by atoms with Crippen molar-refractivity contribution in [1.29, 1.82) is 0 Å². The molecule has 17 heavy (non-hydrogen) atoms. The van der Waals surface area contributed by atoms with Gasteiger partial charge in [0.2, 0.25) is 0 Å². The topological polar surface area (TPSA) is 42.7 Å². The molecule has 1 unspecified atom stereocenters. The third-order valence-corrected chi connectivity index (χ3v) is 3.06. The molecule has 2 aromatic rings. The molecule has 0 radical (unpaired) electrons. The Hall–Kier alpha value is -1.68.